The molecule has 0 aliphatic carbocycles. The Morgan fingerprint density at radius 1 is 1.31 bits per heavy atom. The molecule has 0 atom stereocenters. The topological polar surface area (TPSA) is 27.7 Å². The van der Waals surface area contributed by atoms with E-state index in [0.29, 0.717) is 12.4 Å². The van der Waals surface area contributed by atoms with E-state index in [4.69, 9.17) is 14.2 Å². The van der Waals surface area contributed by atoms with Crippen LogP contribution in [0.2, 0.25) is 0 Å². The van der Waals surface area contributed by atoms with Crippen LogP contribution < -0.4 is 4.74 Å². The van der Waals surface area contributed by atoms with Crippen molar-refractivity contribution in [3.05, 3.63) is 30.3 Å². The van der Waals surface area contributed by atoms with Crippen LogP contribution in [-0.2, 0) is 9.47 Å². The SMILES string of the molecule is COC(COc1[c]cccc1)OC. The van der Waals surface area contributed by atoms with Gasteiger partial charge in [0.15, 0.2) is 6.29 Å². The summed E-state index contributed by atoms with van der Waals surface area (Å²) in [5.74, 6) is 0.696. The first-order valence-corrected chi connectivity index (χ1v) is 4.02. The molecule has 0 spiro atoms. The van der Waals surface area contributed by atoms with Gasteiger partial charge in [0.25, 0.3) is 0 Å². The molecule has 0 saturated carbocycles. The molecule has 0 bridgehead atoms. The van der Waals surface area contributed by atoms with Crippen LogP contribution in [0.4, 0.5) is 0 Å². The normalized spacial score (nSPS) is 10.4. The van der Waals surface area contributed by atoms with E-state index in [1.165, 1.54) is 0 Å². The summed E-state index contributed by atoms with van der Waals surface area (Å²) < 4.78 is 15.3. The number of para-hydroxylation sites is 1. The van der Waals surface area contributed by atoms with Crippen molar-refractivity contribution < 1.29 is 14.2 Å². The molecule has 1 rings (SSSR count). The fourth-order valence-electron chi connectivity index (χ4n) is 0.857. The monoisotopic (exact) mass is 181 g/mol. The molecule has 1 aromatic carbocycles. The average molecular weight is 181 g/mol. The van der Waals surface area contributed by atoms with Crippen LogP contribution in [0.5, 0.6) is 5.75 Å². The van der Waals surface area contributed by atoms with E-state index in [1.54, 1.807) is 20.3 Å². The maximum absolute atomic E-state index is 5.34. The van der Waals surface area contributed by atoms with Gasteiger partial charge in [-0.2, -0.15) is 0 Å². The van der Waals surface area contributed by atoms with Crippen LogP contribution >= 0.6 is 0 Å². The zero-order valence-electron chi connectivity index (χ0n) is 7.82. The zero-order valence-corrected chi connectivity index (χ0v) is 7.82. The summed E-state index contributed by atoms with van der Waals surface area (Å²) >= 11 is 0. The molecule has 1 radical (unpaired) electrons. The first-order valence-electron chi connectivity index (χ1n) is 4.02. The van der Waals surface area contributed by atoms with E-state index < -0.39 is 0 Å². The van der Waals surface area contributed by atoms with Gasteiger partial charge in [-0.3, -0.25) is 0 Å². The highest BCUT2D eigenvalue weighted by Crippen LogP contribution is 2.08. The fourth-order valence-corrected chi connectivity index (χ4v) is 0.857. The minimum atomic E-state index is -0.325. The van der Waals surface area contributed by atoms with Crippen LogP contribution in [0.25, 0.3) is 0 Å². The van der Waals surface area contributed by atoms with E-state index >= 15 is 0 Å². The lowest BCUT2D eigenvalue weighted by molar-refractivity contribution is -0.122. The van der Waals surface area contributed by atoms with Gasteiger partial charge in [0, 0.05) is 20.3 Å². The quantitative estimate of drug-likeness (QED) is 0.644. The predicted octanol–water partition coefficient (Wildman–Crippen LogP) is 1.48. The average Bonchev–Trinajstić information content (AvgIpc) is 2.21. The molecule has 1 aromatic rings. The zero-order chi connectivity index (χ0) is 9.52. The van der Waals surface area contributed by atoms with E-state index in [1.807, 2.05) is 18.2 Å². The molecule has 0 unspecified atom stereocenters. The summed E-state index contributed by atoms with van der Waals surface area (Å²) in [5.41, 5.74) is 0. The Hall–Kier alpha value is -1.06. The summed E-state index contributed by atoms with van der Waals surface area (Å²) in [6.45, 7) is 0.369. The highest BCUT2D eigenvalue weighted by molar-refractivity contribution is 5.19. The van der Waals surface area contributed by atoms with Crippen molar-refractivity contribution in [1.82, 2.24) is 0 Å². The highest BCUT2D eigenvalue weighted by atomic mass is 16.7. The summed E-state index contributed by atoms with van der Waals surface area (Å²) in [7, 11) is 3.15. The van der Waals surface area contributed by atoms with Gasteiger partial charge in [-0.05, 0) is 6.07 Å². The summed E-state index contributed by atoms with van der Waals surface area (Å²) in [6.07, 6.45) is -0.325. The molecule has 0 amide bonds. The molecule has 3 heteroatoms. The molecule has 0 heterocycles. The second kappa shape index (κ2) is 5.56. The molecular formula is C10H13O3. The Labute approximate surface area is 78.2 Å². The van der Waals surface area contributed by atoms with Crippen LogP contribution in [0.1, 0.15) is 0 Å². The van der Waals surface area contributed by atoms with Crippen molar-refractivity contribution in [2.75, 3.05) is 20.8 Å². The van der Waals surface area contributed by atoms with Crippen molar-refractivity contribution in [2.45, 2.75) is 6.29 Å². The molecule has 71 valence electrons. The number of hydrogen-bond acceptors (Lipinski definition) is 3. The molecule has 0 N–H and O–H groups in total. The fraction of sp³-hybridized carbons (Fsp3) is 0.400. The van der Waals surface area contributed by atoms with Crippen LogP contribution in [-0.4, -0.2) is 27.1 Å². The Bertz CT molecular complexity index is 219. The summed E-state index contributed by atoms with van der Waals surface area (Å²) in [6, 6.07) is 10.3. The smallest absolute Gasteiger partial charge is 0.191 e. The molecule has 0 aliphatic heterocycles. The third kappa shape index (κ3) is 3.44. The van der Waals surface area contributed by atoms with Gasteiger partial charge < -0.3 is 14.2 Å². The lowest BCUT2D eigenvalue weighted by Crippen LogP contribution is -2.21. The molecule has 0 saturated heterocycles. The number of rotatable bonds is 5. The van der Waals surface area contributed by atoms with Crippen molar-refractivity contribution in [3.8, 4) is 5.75 Å². The summed E-state index contributed by atoms with van der Waals surface area (Å²) in [5, 5.41) is 0. The van der Waals surface area contributed by atoms with Crippen molar-refractivity contribution in [2.24, 2.45) is 0 Å². The van der Waals surface area contributed by atoms with E-state index in [-0.39, 0.29) is 6.29 Å². The van der Waals surface area contributed by atoms with E-state index in [0.717, 1.165) is 0 Å². The second-order valence-corrected chi connectivity index (χ2v) is 2.44. The van der Waals surface area contributed by atoms with Crippen LogP contribution in [0.15, 0.2) is 24.3 Å². The molecule has 3 nitrogen and oxygen atoms in total. The molecule has 0 aromatic heterocycles. The number of methoxy groups -OCH3 is 2. The van der Waals surface area contributed by atoms with Gasteiger partial charge in [-0.25, -0.2) is 0 Å². The van der Waals surface area contributed by atoms with E-state index in [9.17, 15) is 0 Å². The maximum Gasteiger partial charge on any atom is 0.191 e. The number of ether oxygens (including phenoxy) is 3. The predicted molar refractivity (Wildman–Crippen MR) is 48.6 cm³/mol. The van der Waals surface area contributed by atoms with Crippen molar-refractivity contribution in [1.29, 1.82) is 0 Å². The Morgan fingerprint density at radius 3 is 2.62 bits per heavy atom. The third-order valence-electron chi connectivity index (χ3n) is 1.58. The van der Waals surface area contributed by atoms with Gasteiger partial charge in [0.2, 0.25) is 0 Å². The highest BCUT2D eigenvalue weighted by Gasteiger charge is 2.04. The standard InChI is InChI=1S/C10H13O3/c1-11-10(12-2)8-13-9-6-4-3-5-7-9/h3-6,10H,8H2,1-2H3. The maximum atomic E-state index is 5.34. The van der Waals surface area contributed by atoms with Gasteiger partial charge in [0.1, 0.15) is 12.4 Å². The van der Waals surface area contributed by atoms with Gasteiger partial charge in [0.05, 0.1) is 0 Å². The number of benzene rings is 1. The van der Waals surface area contributed by atoms with Crippen molar-refractivity contribution in [3.63, 3.8) is 0 Å². The Balaban J connectivity index is 2.34. The first kappa shape index (κ1) is 10.0. The molecular weight excluding hydrogens is 168 g/mol. The van der Waals surface area contributed by atoms with Crippen LogP contribution in [0, 0.1) is 6.07 Å². The largest absolute Gasteiger partial charge is 0.488 e. The minimum absolute atomic E-state index is 0.325. The molecule has 0 fully saturated rings. The lowest BCUT2D eigenvalue weighted by Gasteiger charge is -2.13. The van der Waals surface area contributed by atoms with Crippen LogP contribution in [0.3, 0.4) is 0 Å². The van der Waals surface area contributed by atoms with Gasteiger partial charge >= 0.3 is 0 Å². The third-order valence-corrected chi connectivity index (χ3v) is 1.58. The summed E-state index contributed by atoms with van der Waals surface area (Å²) in [4.78, 5) is 0. The molecule has 0 aliphatic rings. The van der Waals surface area contributed by atoms with Gasteiger partial charge in [-0.15, -0.1) is 0 Å². The van der Waals surface area contributed by atoms with Gasteiger partial charge in [-0.1, -0.05) is 18.2 Å². The minimum Gasteiger partial charge on any atom is -0.488 e. The molecule has 13 heavy (non-hydrogen) atoms. The van der Waals surface area contributed by atoms with Crippen molar-refractivity contribution >= 4 is 0 Å². The Morgan fingerprint density at radius 2 is 2.08 bits per heavy atom. The Kier molecular flexibility index (Phi) is 4.29. The second-order valence-electron chi connectivity index (χ2n) is 2.44. The first-order chi connectivity index (χ1) is 6.36. The lowest BCUT2D eigenvalue weighted by atomic mass is 10.3. The van der Waals surface area contributed by atoms with E-state index in [2.05, 4.69) is 6.07 Å². The number of hydrogen-bond donors (Lipinski definition) is 0.